The number of carboxylic acids is 1. The SMILES string of the molecule is C=C(C)C1CCC2(C(=O)OCC)CC13Oc1c(C/C=C(/CC/C=C(\C)CCC=C(C)C)C(=O)O)cc(O)cc1-c1c(O)ccc(c13)O2. The van der Waals surface area contributed by atoms with Crippen LogP contribution in [0.1, 0.15) is 90.7 Å². The topological polar surface area (TPSA) is 123 Å². The normalized spacial score (nSPS) is 22.6. The van der Waals surface area contributed by atoms with Crippen molar-refractivity contribution in [2.75, 3.05) is 6.61 Å². The lowest BCUT2D eigenvalue weighted by molar-refractivity contribution is -0.183. The second-order valence-electron chi connectivity index (χ2n) is 13.4. The summed E-state index contributed by atoms with van der Waals surface area (Å²) in [7, 11) is 0. The van der Waals surface area contributed by atoms with Gasteiger partial charge in [-0.3, -0.25) is 0 Å². The molecule has 2 aromatic rings. The predicted octanol–water partition coefficient (Wildman–Crippen LogP) is 8.45. The second kappa shape index (κ2) is 13.3. The number of phenolic OH excluding ortho intramolecular Hbond substituents is 2. The first-order chi connectivity index (χ1) is 22.3. The molecule has 1 spiro atoms. The number of ether oxygens (including phenoxy) is 3. The van der Waals surface area contributed by atoms with Gasteiger partial charge in [0.15, 0.2) is 0 Å². The van der Waals surface area contributed by atoms with Gasteiger partial charge < -0.3 is 29.5 Å². The summed E-state index contributed by atoms with van der Waals surface area (Å²) in [6.07, 6.45) is 10.0. The molecule has 5 rings (SSSR count). The second-order valence-corrected chi connectivity index (χ2v) is 13.4. The van der Waals surface area contributed by atoms with E-state index >= 15 is 0 Å². The first-order valence-corrected chi connectivity index (χ1v) is 16.5. The Bertz CT molecular complexity index is 1690. The molecule has 0 aromatic heterocycles. The number of aliphatic carboxylic acids is 1. The number of benzene rings is 2. The van der Waals surface area contributed by atoms with Crippen LogP contribution in [0.4, 0.5) is 0 Å². The molecule has 0 saturated heterocycles. The summed E-state index contributed by atoms with van der Waals surface area (Å²) in [5.74, 6) is -0.915. The van der Waals surface area contributed by atoms with Crippen LogP contribution in [0.5, 0.6) is 23.0 Å². The van der Waals surface area contributed by atoms with Crippen LogP contribution in [-0.2, 0) is 26.3 Å². The summed E-state index contributed by atoms with van der Waals surface area (Å²) < 4.78 is 19.0. The van der Waals surface area contributed by atoms with E-state index in [-0.39, 0.29) is 42.4 Å². The van der Waals surface area contributed by atoms with Crippen molar-refractivity contribution in [3.63, 3.8) is 0 Å². The molecule has 3 unspecified atom stereocenters. The zero-order valence-corrected chi connectivity index (χ0v) is 28.1. The highest BCUT2D eigenvalue weighted by atomic mass is 16.6. The van der Waals surface area contributed by atoms with Crippen molar-refractivity contribution < 1.29 is 39.1 Å². The molecule has 250 valence electrons. The van der Waals surface area contributed by atoms with E-state index in [4.69, 9.17) is 14.2 Å². The monoisotopic (exact) mass is 642 g/mol. The summed E-state index contributed by atoms with van der Waals surface area (Å²) in [5.41, 5.74) is 3.33. The number of fused-ring (bicyclic) bond motifs is 3. The quantitative estimate of drug-likeness (QED) is 0.120. The Morgan fingerprint density at radius 2 is 1.79 bits per heavy atom. The minimum Gasteiger partial charge on any atom is -0.508 e. The molecule has 0 radical (unpaired) electrons. The Morgan fingerprint density at radius 1 is 1.04 bits per heavy atom. The van der Waals surface area contributed by atoms with Crippen molar-refractivity contribution in [2.24, 2.45) is 5.92 Å². The van der Waals surface area contributed by atoms with E-state index < -0.39 is 23.1 Å². The summed E-state index contributed by atoms with van der Waals surface area (Å²) >= 11 is 0. The van der Waals surface area contributed by atoms with Crippen LogP contribution in [0.3, 0.4) is 0 Å². The van der Waals surface area contributed by atoms with Gasteiger partial charge in [0.05, 0.1) is 6.61 Å². The molecule has 2 aliphatic heterocycles. The van der Waals surface area contributed by atoms with Gasteiger partial charge in [-0.25, -0.2) is 9.59 Å². The van der Waals surface area contributed by atoms with Crippen molar-refractivity contribution in [3.8, 4) is 34.1 Å². The molecule has 3 aliphatic rings. The molecule has 0 amide bonds. The van der Waals surface area contributed by atoms with E-state index in [1.165, 1.54) is 23.3 Å². The fourth-order valence-corrected chi connectivity index (χ4v) is 7.44. The summed E-state index contributed by atoms with van der Waals surface area (Å²) in [6, 6.07) is 6.28. The smallest absolute Gasteiger partial charge is 0.350 e. The van der Waals surface area contributed by atoms with Crippen molar-refractivity contribution in [3.05, 3.63) is 82.5 Å². The third-order valence-corrected chi connectivity index (χ3v) is 9.61. The fraction of sp³-hybridized carbons (Fsp3) is 0.436. The lowest BCUT2D eigenvalue weighted by Gasteiger charge is -2.56. The molecule has 1 fully saturated rings. The van der Waals surface area contributed by atoms with Gasteiger partial charge in [0.1, 0.15) is 28.6 Å². The molecule has 47 heavy (non-hydrogen) atoms. The Balaban J connectivity index is 1.56. The molecule has 1 saturated carbocycles. The van der Waals surface area contributed by atoms with Gasteiger partial charge in [0, 0.05) is 40.2 Å². The van der Waals surface area contributed by atoms with E-state index in [1.807, 2.05) is 6.92 Å². The molecular formula is C39H46O8. The largest absolute Gasteiger partial charge is 0.508 e. The lowest BCUT2D eigenvalue weighted by Crippen LogP contribution is -2.62. The van der Waals surface area contributed by atoms with Crippen LogP contribution in [0, 0.1) is 5.92 Å². The zero-order chi connectivity index (χ0) is 34.1. The number of esters is 1. The van der Waals surface area contributed by atoms with Crippen LogP contribution in [0.25, 0.3) is 11.1 Å². The summed E-state index contributed by atoms with van der Waals surface area (Å²) in [5, 5.41) is 32.3. The number of hydrogen-bond acceptors (Lipinski definition) is 7. The Kier molecular flexibility index (Phi) is 9.62. The molecule has 8 heteroatoms. The average molecular weight is 643 g/mol. The molecule has 2 aromatic carbocycles. The standard InChI is InChI=1S/C39H46O8/c1-7-45-37(44)38-19-18-30(24(4)5)39(22-38)34-32(46-38)17-16-31(41)33(34)29-21-28(40)20-27(35(29)47-39)15-14-26(36(42)43)13-9-12-25(6)11-8-10-23(2)3/h10,12,14,16-17,20-21,30,40-41H,4,7-9,11,13,15,18-19,22H2,1-3,5-6H3,(H,42,43)/b25-12+,26-14-. The third kappa shape index (κ3) is 6.42. The highest BCUT2D eigenvalue weighted by molar-refractivity contribution is 5.89. The first kappa shape index (κ1) is 33.9. The molecule has 3 atom stereocenters. The number of carbonyl (C=O) groups is 2. The van der Waals surface area contributed by atoms with E-state index in [0.29, 0.717) is 59.4 Å². The zero-order valence-electron chi connectivity index (χ0n) is 28.1. The third-order valence-electron chi connectivity index (χ3n) is 9.61. The number of phenols is 2. The van der Waals surface area contributed by atoms with Gasteiger partial charge in [0.2, 0.25) is 5.60 Å². The number of carboxylic acid groups (broad SMARTS) is 1. The summed E-state index contributed by atoms with van der Waals surface area (Å²) in [4.78, 5) is 25.8. The number of carbonyl (C=O) groups excluding carboxylic acids is 1. The lowest BCUT2D eigenvalue weighted by atomic mass is 9.60. The average Bonchev–Trinajstić information content (AvgIpc) is 2.99. The van der Waals surface area contributed by atoms with Crippen molar-refractivity contribution in [1.29, 1.82) is 0 Å². The Morgan fingerprint density at radius 3 is 2.47 bits per heavy atom. The maximum Gasteiger partial charge on any atom is 0.350 e. The maximum absolute atomic E-state index is 13.5. The van der Waals surface area contributed by atoms with Gasteiger partial charge in [-0.05, 0) is 104 Å². The Hall–Kier alpha value is -4.46. The van der Waals surface area contributed by atoms with Crippen molar-refractivity contribution in [2.45, 2.75) is 97.2 Å². The molecule has 2 bridgehead atoms. The molecule has 2 heterocycles. The van der Waals surface area contributed by atoms with Gasteiger partial charge in [-0.1, -0.05) is 41.5 Å². The maximum atomic E-state index is 13.5. The van der Waals surface area contributed by atoms with Crippen LogP contribution >= 0.6 is 0 Å². The van der Waals surface area contributed by atoms with Gasteiger partial charge in [0.25, 0.3) is 0 Å². The predicted molar refractivity (Wildman–Crippen MR) is 181 cm³/mol. The minimum atomic E-state index is -1.29. The van der Waals surface area contributed by atoms with E-state index in [9.17, 15) is 24.9 Å². The van der Waals surface area contributed by atoms with Gasteiger partial charge >= 0.3 is 11.9 Å². The molecule has 3 N–H and O–H groups in total. The van der Waals surface area contributed by atoms with Crippen LogP contribution in [0.15, 0.2) is 71.4 Å². The highest BCUT2D eigenvalue weighted by Crippen LogP contribution is 2.65. The van der Waals surface area contributed by atoms with Gasteiger partial charge in [-0.15, -0.1) is 0 Å². The number of rotatable bonds is 12. The number of aromatic hydroxyl groups is 2. The van der Waals surface area contributed by atoms with E-state index in [0.717, 1.165) is 18.4 Å². The van der Waals surface area contributed by atoms with Gasteiger partial charge in [-0.2, -0.15) is 0 Å². The van der Waals surface area contributed by atoms with Crippen molar-refractivity contribution in [1.82, 2.24) is 0 Å². The van der Waals surface area contributed by atoms with Crippen molar-refractivity contribution >= 4 is 11.9 Å². The number of hydrogen-bond donors (Lipinski definition) is 3. The van der Waals surface area contributed by atoms with Crippen LogP contribution in [-0.4, -0.2) is 39.5 Å². The molecule has 8 nitrogen and oxygen atoms in total. The highest BCUT2D eigenvalue weighted by Gasteiger charge is 2.64. The fourth-order valence-electron chi connectivity index (χ4n) is 7.44. The molecule has 1 aliphatic carbocycles. The summed E-state index contributed by atoms with van der Waals surface area (Å²) in [6.45, 7) is 14.4. The number of allylic oxidation sites excluding steroid dienone is 5. The van der Waals surface area contributed by atoms with E-state index in [2.05, 4.69) is 39.5 Å². The minimum absolute atomic E-state index is 0.0176. The van der Waals surface area contributed by atoms with Crippen LogP contribution < -0.4 is 9.47 Å². The molecular weight excluding hydrogens is 596 g/mol. The van der Waals surface area contributed by atoms with E-state index in [1.54, 1.807) is 25.1 Å². The first-order valence-electron chi connectivity index (χ1n) is 16.5. The van der Waals surface area contributed by atoms with Crippen LogP contribution in [0.2, 0.25) is 0 Å². The Labute approximate surface area is 277 Å².